The van der Waals surface area contributed by atoms with E-state index in [4.69, 9.17) is 9.47 Å². The minimum absolute atomic E-state index is 0.0851. The van der Waals surface area contributed by atoms with Gasteiger partial charge in [-0.15, -0.1) is 23.4 Å². The van der Waals surface area contributed by atoms with Crippen LogP contribution in [-0.2, 0) is 23.9 Å². The first-order valence-electron chi connectivity index (χ1n) is 16.3. The zero-order valence-electron chi connectivity index (χ0n) is 27.8. The number of nitrogens with one attached hydrogen (secondary N) is 2. The fraction of sp³-hybridized carbons (Fsp3) is 0.559. The molecule has 47 heavy (non-hydrogen) atoms. The second-order valence-electron chi connectivity index (χ2n) is 13.0. The summed E-state index contributed by atoms with van der Waals surface area (Å²) in [7, 11) is 0. The Kier molecular flexibility index (Phi) is 11.5. The van der Waals surface area contributed by atoms with Crippen LogP contribution < -0.4 is 10.6 Å². The maximum absolute atomic E-state index is 14.3. The second-order valence-corrected chi connectivity index (χ2v) is 13.0. The molecule has 0 bridgehead atoms. The number of hydrogen-bond donors (Lipinski definition) is 2. The third-order valence-corrected chi connectivity index (χ3v) is 8.33. The van der Waals surface area contributed by atoms with E-state index in [1.54, 1.807) is 33.8 Å². The SMILES string of the molecule is C=CCCCCC[C@H](NC(=O)OC(C)(C)C)C(=O)N1C[C@H](n2nnc(-c3ccccc3)n2)C[C@H]1C(=O)N[C@]1(C(=O)OCC)C[C@@H]1C=C. The standard InChI is InChI=1S/C34H47N7O6/c1-7-10-11-12-16-19-26(35-32(45)47-33(4,5)6)30(43)40-22-25(41-38-28(37-39-41)23-17-14-13-15-18-23)20-27(40)29(42)36-34(21-24(34)8-2)31(44)46-9-3/h7-8,13-15,17-18,24-27H,1-2,9-12,16,19-22H2,3-6H3,(H,35,45)(H,36,42)/t24-,25+,26-,27-,34+/m0/s1. The van der Waals surface area contributed by atoms with Crippen LogP contribution in [0.5, 0.6) is 0 Å². The van der Waals surface area contributed by atoms with E-state index in [0.29, 0.717) is 25.1 Å². The molecule has 2 N–H and O–H groups in total. The molecule has 1 saturated carbocycles. The molecule has 0 unspecified atom stereocenters. The number of amides is 3. The van der Waals surface area contributed by atoms with Crippen molar-refractivity contribution in [3.05, 3.63) is 55.6 Å². The quantitative estimate of drug-likeness (QED) is 0.164. The summed E-state index contributed by atoms with van der Waals surface area (Å²) < 4.78 is 10.8. The first-order valence-corrected chi connectivity index (χ1v) is 16.3. The van der Waals surface area contributed by atoms with Gasteiger partial charge >= 0.3 is 12.1 Å². The molecular weight excluding hydrogens is 602 g/mol. The van der Waals surface area contributed by atoms with Crippen LogP contribution in [0.1, 0.15) is 78.7 Å². The van der Waals surface area contributed by atoms with Crippen molar-refractivity contribution in [1.29, 1.82) is 0 Å². The van der Waals surface area contributed by atoms with Gasteiger partial charge in [0, 0.05) is 24.4 Å². The molecule has 0 radical (unpaired) electrons. The van der Waals surface area contributed by atoms with E-state index in [1.165, 1.54) is 9.70 Å². The van der Waals surface area contributed by atoms with Crippen LogP contribution in [0.4, 0.5) is 4.79 Å². The van der Waals surface area contributed by atoms with Crippen molar-refractivity contribution in [2.24, 2.45) is 5.92 Å². The summed E-state index contributed by atoms with van der Waals surface area (Å²) >= 11 is 0. The molecule has 2 fully saturated rings. The Morgan fingerprint density at radius 2 is 1.87 bits per heavy atom. The first-order chi connectivity index (χ1) is 22.4. The highest BCUT2D eigenvalue weighted by Crippen LogP contribution is 2.46. The monoisotopic (exact) mass is 649 g/mol. The fourth-order valence-electron chi connectivity index (χ4n) is 5.84. The maximum atomic E-state index is 14.3. The molecule has 13 heteroatoms. The van der Waals surface area contributed by atoms with Crippen molar-refractivity contribution < 1.29 is 28.7 Å². The number of likely N-dealkylation sites (tertiary alicyclic amines) is 1. The van der Waals surface area contributed by atoms with Gasteiger partial charge < -0.3 is 25.0 Å². The predicted molar refractivity (Wildman–Crippen MR) is 175 cm³/mol. The van der Waals surface area contributed by atoms with Gasteiger partial charge in [-0.2, -0.15) is 4.80 Å². The average molecular weight is 650 g/mol. The fourth-order valence-corrected chi connectivity index (χ4v) is 5.84. The molecule has 1 aromatic heterocycles. The van der Waals surface area contributed by atoms with Gasteiger partial charge in [-0.1, -0.05) is 55.3 Å². The summed E-state index contributed by atoms with van der Waals surface area (Å²) in [6.07, 6.45) is 6.83. The number of rotatable bonds is 15. The molecule has 2 aliphatic rings. The highest BCUT2D eigenvalue weighted by Gasteiger charge is 2.62. The van der Waals surface area contributed by atoms with E-state index in [2.05, 4.69) is 39.2 Å². The number of carbonyl (C=O) groups is 4. The summed E-state index contributed by atoms with van der Waals surface area (Å²) in [4.78, 5) is 57.0. The number of nitrogens with zero attached hydrogens (tertiary/aromatic N) is 5. The van der Waals surface area contributed by atoms with Gasteiger partial charge in [0.2, 0.25) is 17.6 Å². The number of tetrazole rings is 1. The molecule has 4 rings (SSSR count). The van der Waals surface area contributed by atoms with Crippen LogP contribution >= 0.6 is 0 Å². The van der Waals surface area contributed by atoms with Crippen LogP contribution in [0, 0.1) is 5.92 Å². The van der Waals surface area contributed by atoms with Crippen LogP contribution in [-0.4, -0.2) is 85.4 Å². The van der Waals surface area contributed by atoms with E-state index < -0.39 is 53.1 Å². The number of allylic oxidation sites excluding steroid dienone is 1. The molecule has 0 spiro atoms. The smallest absolute Gasteiger partial charge is 0.408 e. The predicted octanol–water partition coefficient (Wildman–Crippen LogP) is 4.14. The Balaban J connectivity index is 1.61. The number of benzene rings is 1. The highest BCUT2D eigenvalue weighted by molar-refractivity contribution is 5.96. The van der Waals surface area contributed by atoms with Crippen molar-refractivity contribution in [2.75, 3.05) is 13.2 Å². The van der Waals surface area contributed by atoms with Gasteiger partial charge in [0.15, 0.2) is 0 Å². The van der Waals surface area contributed by atoms with Gasteiger partial charge in [-0.05, 0) is 58.6 Å². The molecular formula is C34H47N7O6. The van der Waals surface area contributed by atoms with Crippen molar-refractivity contribution in [2.45, 2.75) is 102 Å². The molecule has 1 aliphatic heterocycles. The van der Waals surface area contributed by atoms with E-state index in [-0.39, 0.29) is 25.5 Å². The van der Waals surface area contributed by atoms with Crippen LogP contribution in [0.15, 0.2) is 55.6 Å². The number of unbranched alkanes of at least 4 members (excludes halogenated alkanes) is 3. The Labute approximate surface area is 276 Å². The summed E-state index contributed by atoms with van der Waals surface area (Å²) in [5.41, 5.74) is -1.24. The first kappa shape index (κ1) is 35.3. The van der Waals surface area contributed by atoms with Gasteiger partial charge in [-0.25, -0.2) is 9.59 Å². The minimum Gasteiger partial charge on any atom is -0.464 e. The zero-order valence-corrected chi connectivity index (χ0v) is 27.8. The Morgan fingerprint density at radius 3 is 2.51 bits per heavy atom. The molecule has 13 nitrogen and oxygen atoms in total. The molecule has 1 aliphatic carbocycles. The Hall–Kier alpha value is -4.55. The van der Waals surface area contributed by atoms with Crippen LogP contribution in [0.25, 0.3) is 11.4 Å². The molecule has 1 saturated heterocycles. The number of alkyl carbamates (subject to hydrolysis) is 1. The van der Waals surface area contributed by atoms with Crippen LogP contribution in [0.3, 0.4) is 0 Å². The summed E-state index contributed by atoms with van der Waals surface area (Å²) in [6, 6.07) is 6.92. The van der Waals surface area contributed by atoms with E-state index in [9.17, 15) is 19.2 Å². The largest absolute Gasteiger partial charge is 0.464 e. The normalized spacial score (nSPS) is 22.6. The number of ether oxygens (including phenoxy) is 2. The average Bonchev–Trinajstić information content (AvgIpc) is 3.33. The number of aromatic nitrogens is 4. The second kappa shape index (κ2) is 15.4. The van der Waals surface area contributed by atoms with Crippen molar-refractivity contribution in [1.82, 2.24) is 35.7 Å². The molecule has 3 amide bonds. The topological polar surface area (TPSA) is 158 Å². The summed E-state index contributed by atoms with van der Waals surface area (Å²) in [5, 5.41) is 18.7. The van der Waals surface area contributed by atoms with Crippen molar-refractivity contribution in [3.63, 3.8) is 0 Å². The lowest BCUT2D eigenvalue weighted by atomic mass is 10.0. The molecule has 2 aromatic rings. The minimum atomic E-state index is -1.24. The lowest BCUT2D eigenvalue weighted by Gasteiger charge is -2.30. The third-order valence-electron chi connectivity index (χ3n) is 8.33. The molecule has 2 heterocycles. The van der Waals surface area contributed by atoms with Gasteiger partial charge in [0.25, 0.3) is 0 Å². The van der Waals surface area contributed by atoms with Crippen molar-refractivity contribution in [3.8, 4) is 11.4 Å². The van der Waals surface area contributed by atoms with Gasteiger partial charge in [-0.3, -0.25) is 9.59 Å². The van der Waals surface area contributed by atoms with E-state index in [1.807, 2.05) is 36.4 Å². The van der Waals surface area contributed by atoms with Crippen molar-refractivity contribution >= 4 is 23.9 Å². The number of carbonyl (C=O) groups excluding carboxylic acids is 4. The number of hydrogen-bond acceptors (Lipinski definition) is 9. The summed E-state index contributed by atoms with van der Waals surface area (Å²) in [6.45, 7) is 14.7. The van der Waals surface area contributed by atoms with Crippen LogP contribution in [0.2, 0.25) is 0 Å². The Bertz CT molecular complexity index is 1440. The third kappa shape index (κ3) is 8.83. The lowest BCUT2D eigenvalue weighted by molar-refractivity contribution is -0.150. The zero-order chi connectivity index (χ0) is 34.2. The Morgan fingerprint density at radius 1 is 1.13 bits per heavy atom. The molecule has 1 aromatic carbocycles. The molecule has 5 atom stereocenters. The van der Waals surface area contributed by atoms with E-state index >= 15 is 0 Å². The van der Waals surface area contributed by atoms with Gasteiger partial charge in [0.1, 0.15) is 23.2 Å². The molecule has 254 valence electrons. The lowest BCUT2D eigenvalue weighted by Crippen LogP contribution is -2.56. The maximum Gasteiger partial charge on any atom is 0.408 e. The number of esters is 1. The van der Waals surface area contributed by atoms with Gasteiger partial charge in [0.05, 0.1) is 12.6 Å². The van der Waals surface area contributed by atoms with E-state index in [0.717, 1.165) is 24.8 Å². The summed E-state index contributed by atoms with van der Waals surface area (Å²) in [5.74, 6) is -1.38. The highest BCUT2D eigenvalue weighted by atomic mass is 16.6.